The zero-order chi connectivity index (χ0) is 14.5. The van der Waals surface area contributed by atoms with Crippen LogP contribution in [0, 0.1) is 5.82 Å². The highest BCUT2D eigenvalue weighted by Gasteiger charge is 2.08. The normalized spacial score (nSPS) is 12.2. The smallest absolute Gasteiger partial charge is 0.219 e. The monoisotopic (exact) mass is 338 g/mol. The molecular weight excluding hydrogens is 323 g/mol. The quantitative estimate of drug-likeness (QED) is 0.874. The van der Waals surface area contributed by atoms with Gasteiger partial charge in [-0.1, -0.05) is 6.92 Å². The first kappa shape index (κ1) is 14.9. The van der Waals surface area contributed by atoms with E-state index in [1.807, 2.05) is 12.1 Å². The molecule has 1 unspecified atom stereocenters. The van der Waals surface area contributed by atoms with Crippen molar-refractivity contribution in [1.29, 1.82) is 0 Å². The van der Waals surface area contributed by atoms with Crippen molar-refractivity contribution >= 4 is 15.9 Å². The molecule has 0 spiro atoms. The van der Waals surface area contributed by atoms with E-state index >= 15 is 0 Å². The third-order valence-corrected chi connectivity index (χ3v) is 3.53. The van der Waals surface area contributed by atoms with Gasteiger partial charge >= 0.3 is 0 Å². The molecule has 0 aliphatic heterocycles. The molecule has 20 heavy (non-hydrogen) atoms. The summed E-state index contributed by atoms with van der Waals surface area (Å²) in [5, 5.41) is 3.32. The summed E-state index contributed by atoms with van der Waals surface area (Å²) in [6, 6.07) is 8.29. The Balaban J connectivity index is 2.21. The molecule has 5 heteroatoms. The van der Waals surface area contributed by atoms with E-state index in [0.717, 1.165) is 12.1 Å². The molecule has 2 aromatic rings. The van der Waals surface area contributed by atoms with Crippen LogP contribution in [-0.2, 0) is 0 Å². The third-order valence-electron chi connectivity index (χ3n) is 2.88. The van der Waals surface area contributed by atoms with E-state index in [0.29, 0.717) is 16.1 Å². The van der Waals surface area contributed by atoms with E-state index in [2.05, 4.69) is 40.1 Å². The fourth-order valence-electron chi connectivity index (χ4n) is 1.84. The van der Waals surface area contributed by atoms with Gasteiger partial charge in [-0.15, -0.1) is 0 Å². The topological polar surface area (TPSA) is 34.2 Å². The average Bonchev–Trinajstić information content (AvgIpc) is 2.43. The van der Waals surface area contributed by atoms with Gasteiger partial charge in [-0.2, -0.15) is 0 Å². The molecule has 1 N–H and O–H groups in total. The number of benzene rings is 1. The summed E-state index contributed by atoms with van der Waals surface area (Å²) >= 11 is 3.33. The summed E-state index contributed by atoms with van der Waals surface area (Å²) in [7, 11) is 0. The van der Waals surface area contributed by atoms with Crippen LogP contribution < -0.4 is 10.1 Å². The molecule has 0 saturated carbocycles. The SMILES string of the molecule is CCNC(C)c1ccnc(Oc2cc(F)ccc2Br)c1. The molecule has 1 atom stereocenters. The number of hydrogen-bond acceptors (Lipinski definition) is 3. The van der Waals surface area contributed by atoms with Crippen LogP contribution in [0.4, 0.5) is 4.39 Å². The second-order valence-corrected chi connectivity index (χ2v) is 5.24. The van der Waals surface area contributed by atoms with Crippen molar-refractivity contribution in [2.24, 2.45) is 0 Å². The fourth-order valence-corrected chi connectivity index (χ4v) is 2.17. The number of aromatic nitrogens is 1. The van der Waals surface area contributed by atoms with Crippen LogP contribution in [0.1, 0.15) is 25.5 Å². The van der Waals surface area contributed by atoms with Crippen LogP contribution in [-0.4, -0.2) is 11.5 Å². The molecule has 1 aromatic carbocycles. The molecule has 0 bridgehead atoms. The number of nitrogens with one attached hydrogen (secondary N) is 1. The molecule has 1 aromatic heterocycles. The highest BCUT2D eigenvalue weighted by Crippen LogP contribution is 2.30. The van der Waals surface area contributed by atoms with Crippen LogP contribution in [0.15, 0.2) is 41.0 Å². The number of nitrogens with zero attached hydrogens (tertiary/aromatic N) is 1. The second-order valence-electron chi connectivity index (χ2n) is 4.38. The van der Waals surface area contributed by atoms with Crippen molar-refractivity contribution in [3.8, 4) is 11.6 Å². The van der Waals surface area contributed by atoms with Crippen LogP contribution >= 0.6 is 15.9 Å². The summed E-state index contributed by atoms with van der Waals surface area (Å²) in [6.45, 7) is 5.01. The van der Waals surface area contributed by atoms with E-state index in [-0.39, 0.29) is 11.9 Å². The molecule has 1 heterocycles. The van der Waals surface area contributed by atoms with Crippen LogP contribution in [0.5, 0.6) is 11.6 Å². The Labute approximate surface area is 126 Å². The largest absolute Gasteiger partial charge is 0.438 e. The molecule has 0 fully saturated rings. The number of hydrogen-bond donors (Lipinski definition) is 1. The summed E-state index contributed by atoms with van der Waals surface area (Å²) in [4.78, 5) is 4.15. The summed E-state index contributed by atoms with van der Waals surface area (Å²) in [5.41, 5.74) is 1.07. The zero-order valence-corrected chi connectivity index (χ0v) is 12.9. The van der Waals surface area contributed by atoms with Crippen molar-refractivity contribution < 1.29 is 9.13 Å². The van der Waals surface area contributed by atoms with Gasteiger partial charge < -0.3 is 10.1 Å². The molecule has 0 amide bonds. The van der Waals surface area contributed by atoms with Crippen LogP contribution in [0.2, 0.25) is 0 Å². The summed E-state index contributed by atoms with van der Waals surface area (Å²) in [6.07, 6.45) is 1.69. The number of rotatable bonds is 5. The Hall–Kier alpha value is -1.46. The predicted molar refractivity (Wildman–Crippen MR) is 80.5 cm³/mol. The maximum atomic E-state index is 13.2. The molecule has 106 valence electrons. The van der Waals surface area contributed by atoms with Gasteiger partial charge in [-0.05, 0) is 53.2 Å². The van der Waals surface area contributed by atoms with E-state index < -0.39 is 0 Å². The van der Waals surface area contributed by atoms with Gasteiger partial charge in [0.15, 0.2) is 0 Å². The minimum absolute atomic E-state index is 0.210. The lowest BCUT2D eigenvalue weighted by Crippen LogP contribution is -2.17. The highest BCUT2D eigenvalue weighted by atomic mass is 79.9. The summed E-state index contributed by atoms with van der Waals surface area (Å²) in [5.74, 6) is 0.504. The maximum Gasteiger partial charge on any atom is 0.219 e. The van der Waals surface area contributed by atoms with E-state index in [4.69, 9.17) is 4.74 Å². The lowest BCUT2D eigenvalue weighted by molar-refractivity contribution is 0.453. The minimum atomic E-state index is -0.347. The number of pyridine rings is 1. The molecule has 3 nitrogen and oxygen atoms in total. The van der Waals surface area contributed by atoms with Gasteiger partial charge in [0.05, 0.1) is 4.47 Å². The number of ether oxygens (including phenoxy) is 1. The standard InChI is InChI=1S/C15H16BrFN2O/c1-3-18-10(2)11-6-7-19-15(8-11)20-14-9-12(17)4-5-13(14)16/h4-10,18H,3H2,1-2H3. The van der Waals surface area contributed by atoms with Crippen molar-refractivity contribution in [3.63, 3.8) is 0 Å². The van der Waals surface area contributed by atoms with Crippen molar-refractivity contribution in [1.82, 2.24) is 10.3 Å². The summed E-state index contributed by atoms with van der Waals surface area (Å²) < 4.78 is 19.5. The molecule has 0 aliphatic rings. The van der Waals surface area contributed by atoms with Gasteiger partial charge in [-0.3, -0.25) is 0 Å². The van der Waals surface area contributed by atoms with Gasteiger partial charge in [0.2, 0.25) is 5.88 Å². The van der Waals surface area contributed by atoms with Gasteiger partial charge in [-0.25, -0.2) is 9.37 Å². The Kier molecular flexibility index (Phi) is 5.09. The van der Waals surface area contributed by atoms with Gasteiger partial charge in [0, 0.05) is 24.4 Å². The molecule has 2 rings (SSSR count). The first-order valence-electron chi connectivity index (χ1n) is 6.42. The van der Waals surface area contributed by atoms with E-state index in [1.165, 1.54) is 12.1 Å². The number of halogens is 2. The molecule has 0 saturated heterocycles. The molecule has 0 radical (unpaired) electrons. The lowest BCUT2D eigenvalue weighted by atomic mass is 10.1. The Morgan fingerprint density at radius 2 is 2.15 bits per heavy atom. The lowest BCUT2D eigenvalue weighted by Gasteiger charge is -2.14. The van der Waals surface area contributed by atoms with E-state index in [9.17, 15) is 4.39 Å². The highest BCUT2D eigenvalue weighted by molar-refractivity contribution is 9.10. The predicted octanol–water partition coefficient (Wildman–Crippen LogP) is 4.45. The third kappa shape index (κ3) is 3.77. The zero-order valence-electron chi connectivity index (χ0n) is 11.4. The Morgan fingerprint density at radius 1 is 1.35 bits per heavy atom. The van der Waals surface area contributed by atoms with Crippen molar-refractivity contribution in [2.45, 2.75) is 19.9 Å². The van der Waals surface area contributed by atoms with E-state index in [1.54, 1.807) is 12.3 Å². The van der Waals surface area contributed by atoms with Crippen LogP contribution in [0.25, 0.3) is 0 Å². The minimum Gasteiger partial charge on any atom is -0.438 e. The van der Waals surface area contributed by atoms with Crippen molar-refractivity contribution in [2.75, 3.05) is 6.54 Å². The maximum absolute atomic E-state index is 13.2. The first-order valence-corrected chi connectivity index (χ1v) is 7.21. The van der Waals surface area contributed by atoms with Gasteiger partial charge in [0.25, 0.3) is 0 Å². The Morgan fingerprint density at radius 3 is 2.90 bits per heavy atom. The fraction of sp³-hybridized carbons (Fsp3) is 0.267. The Bertz CT molecular complexity index is 592. The molecular formula is C15H16BrFN2O. The van der Waals surface area contributed by atoms with Crippen molar-refractivity contribution in [3.05, 3.63) is 52.4 Å². The van der Waals surface area contributed by atoms with Crippen LogP contribution in [0.3, 0.4) is 0 Å². The second kappa shape index (κ2) is 6.81. The average molecular weight is 339 g/mol. The molecule has 0 aliphatic carbocycles. The first-order chi connectivity index (χ1) is 9.60. The van der Waals surface area contributed by atoms with Gasteiger partial charge in [0.1, 0.15) is 11.6 Å².